The minimum atomic E-state index is -0.825. The maximum absolute atomic E-state index is 11.0. The molecule has 1 aromatic carbocycles. The van der Waals surface area contributed by atoms with E-state index in [9.17, 15) is 4.79 Å². The summed E-state index contributed by atoms with van der Waals surface area (Å²) in [6.07, 6.45) is 7.36. The first-order valence-electron chi connectivity index (χ1n) is 6.07. The first-order valence-corrected chi connectivity index (χ1v) is 6.45. The van der Waals surface area contributed by atoms with E-state index < -0.39 is 5.97 Å². The summed E-state index contributed by atoms with van der Waals surface area (Å²) in [5.41, 5.74) is 0.862. The van der Waals surface area contributed by atoms with Gasteiger partial charge in [0.2, 0.25) is 0 Å². The number of aliphatic carboxylic acids is 1. The molecule has 0 saturated heterocycles. The summed E-state index contributed by atoms with van der Waals surface area (Å²) in [6, 6.07) is 7.50. The predicted octanol–water partition coefficient (Wildman–Crippen LogP) is 3.34. The third-order valence-electron chi connectivity index (χ3n) is 3.07. The Morgan fingerprint density at radius 3 is 2.94 bits per heavy atom. The molecule has 0 bridgehead atoms. The van der Waals surface area contributed by atoms with Crippen LogP contribution in [-0.4, -0.2) is 23.7 Å². The molecule has 1 aromatic rings. The Balaban J connectivity index is 2.26. The fourth-order valence-corrected chi connectivity index (χ4v) is 2.44. The molecule has 0 radical (unpaired) electrons. The second kappa shape index (κ2) is 5.91. The number of allylic oxidation sites excluding steroid dienone is 1. The molecule has 96 valence electrons. The molecule has 1 aliphatic carbocycles. The first-order chi connectivity index (χ1) is 8.66. The molecular weight excluding hydrogens is 250 g/mol. The number of carboxylic acid groups (broad SMARTS) is 1. The largest absolute Gasteiger partial charge is 0.480 e. The number of carbonyl (C=O) groups is 1. The van der Waals surface area contributed by atoms with Gasteiger partial charge in [0.25, 0.3) is 0 Å². The van der Waals surface area contributed by atoms with Gasteiger partial charge in [-0.3, -0.25) is 4.79 Å². The van der Waals surface area contributed by atoms with Gasteiger partial charge in [0.1, 0.15) is 6.54 Å². The number of halogens is 1. The quantitative estimate of drug-likeness (QED) is 0.849. The van der Waals surface area contributed by atoms with Gasteiger partial charge in [0.15, 0.2) is 0 Å². The Bertz CT molecular complexity index is 459. The van der Waals surface area contributed by atoms with Crippen molar-refractivity contribution in [2.24, 2.45) is 0 Å². The van der Waals surface area contributed by atoms with Crippen LogP contribution < -0.4 is 4.90 Å². The Morgan fingerprint density at radius 2 is 2.33 bits per heavy atom. The normalized spacial score (nSPS) is 18.6. The smallest absolute Gasteiger partial charge is 0.323 e. The second-order valence-electron chi connectivity index (χ2n) is 4.43. The number of benzene rings is 1. The van der Waals surface area contributed by atoms with E-state index in [4.69, 9.17) is 16.7 Å². The van der Waals surface area contributed by atoms with Crippen LogP contribution in [0.3, 0.4) is 0 Å². The van der Waals surface area contributed by atoms with Crippen LogP contribution >= 0.6 is 11.6 Å². The topological polar surface area (TPSA) is 40.5 Å². The monoisotopic (exact) mass is 265 g/mol. The fourth-order valence-electron chi connectivity index (χ4n) is 2.25. The Kier molecular flexibility index (Phi) is 4.26. The zero-order chi connectivity index (χ0) is 13.0. The van der Waals surface area contributed by atoms with Crippen molar-refractivity contribution in [3.63, 3.8) is 0 Å². The van der Waals surface area contributed by atoms with Crippen LogP contribution in [0.1, 0.15) is 19.3 Å². The van der Waals surface area contributed by atoms with Crippen molar-refractivity contribution in [2.45, 2.75) is 25.3 Å². The van der Waals surface area contributed by atoms with Gasteiger partial charge in [-0.15, -0.1) is 0 Å². The molecule has 1 N–H and O–H groups in total. The van der Waals surface area contributed by atoms with Crippen molar-refractivity contribution in [1.29, 1.82) is 0 Å². The van der Waals surface area contributed by atoms with Gasteiger partial charge in [-0.25, -0.2) is 0 Å². The first kappa shape index (κ1) is 13.0. The number of hydrogen-bond acceptors (Lipinski definition) is 2. The fraction of sp³-hybridized carbons (Fsp3) is 0.357. The average Bonchev–Trinajstić information content (AvgIpc) is 2.37. The Morgan fingerprint density at radius 1 is 1.50 bits per heavy atom. The molecule has 3 nitrogen and oxygen atoms in total. The molecule has 1 atom stereocenters. The van der Waals surface area contributed by atoms with Crippen molar-refractivity contribution < 1.29 is 9.90 Å². The zero-order valence-electron chi connectivity index (χ0n) is 10.1. The lowest BCUT2D eigenvalue weighted by Gasteiger charge is -2.32. The number of carboxylic acids is 1. The van der Waals surface area contributed by atoms with Crippen LogP contribution in [0.25, 0.3) is 0 Å². The standard InChI is InChI=1S/C14H16ClNO2/c15-11-5-4-8-13(9-11)16(10-14(17)18)12-6-2-1-3-7-12/h2,4-6,8-9,12H,1,3,7,10H2,(H,17,18). The molecule has 18 heavy (non-hydrogen) atoms. The van der Waals surface area contributed by atoms with E-state index >= 15 is 0 Å². The van der Waals surface area contributed by atoms with Gasteiger partial charge in [-0.05, 0) is 37.5 Å². The zero-order valence-corrected chi connectivity index (χ0v) is 10.8. The minimum absolute atomic E-state index is 0.00461. The van der Waals surface area contributed by atoms with E-state index in [0.29, 0.717) is 5.02 Å². The van der Waals surface area contributed by atoms with Crippen LogP contribution in [0.15, 0.2) is 36.4 Å². The lowest BCUT2D eigenvalue weighted by molar-refractivity contribution is -0.135. The third-order valence-corrected chi connectivity index (χ3v) is 3.31. The van der Waals surface area contributed by atoms with Crippen LogP contribution in [0.5, 0.6) is 0 Å². The molecule has 4 heteroatoms. The van der Waals surface area contributed by atoms with Crippen molar-refractivity contribution in [2.75, 3.05) is 11.4 Å². The summed E-state index contributed by atoms with van der Waals surface area (Å²) >= 11 is 5.97. The van der Waals surface area contributed by atoms with E-state index in [1.807, 2.05) is 23.1 Å². The number of nitrogens with zero attached hydrogens (tertiary/aromatic N) is 1. The lowest BCUT2D eigenvalue weighted by Crippen LogP contribution is -2.38. The molecule has 1 aliphatic rings. The van der Waals surface area contributed by atoms with E-state index in [1.54, 1.807) is 6.07 Å². The summed E-state index contributed by atoms with van der Waals surface area (Å²) in [6.45, 7) is -0.00461. The lowest BCUT2D eigenvalue weighted by atomic mass is 10.0. The van der Waals surface area contributed by atoms with E-state index in [0.717, 1.165) is 24.9 Å². The van der Waals surface area contributed by atoms with Crippen molar-refractivity contribution in [1.82, 2.24) is 0 Å². The third kappa shape index (κ3) is 3.26. The minimum Gasteiger partial charge on any atom is -0.480 e. The van der Waals surface area contributed by atoms with Crippen molar-refractivity contribution in [3.8, 4) is 0 Å². The molecular formula is C14H16ClNO2. The van der Waals surface area contributed by atoms with Gasteiger partial charge >= 0.3 is 5.97 Å². The van der Waals surface area contributed by atoms with E-state index in [1.165, 1.54) is 0 Å². The summed E-state index contributed by atoms with van der Waals surface area (Å²) in [4.78, 5) is 12.9. The number of rotatable bonds is 4. The second-order valence-corrected chi connectivity index (χ2v) is 4.86. The average molecular weight is 266 g/mol. The SMILES string of the molecule is O=C(O)CN(c1cccc(Cl)c1)C1C=CCCC1. The van der Waals surface area contributed by atoms with Gasteiger partial charge in [0, 0.05) is 16.8 Å². The summed E-state index contributed by atoms with van der Waals surface area (Å²) in [5, 5.41) is 9.67. The maximum atomic E-state index is 11.0. The van der Waals surface area contributed by atoms with Crippen LogP contribution in [0.4, 0.5) is 5.69 Å². The van der Waals surface area contributed by atoms with Crippen LogP contribution in [0.2, 0.25) is 5.02 Å². The highest BCUT2D eigenvalue weighted by Gasteiger charge is 2.20. The van der Waals surface area contributed by atoms with Crippen molar-refractivity contribution in [3.05, 3.63) is 41.4 Å². The van der Waals surface area contributed by atoms with Crippen molar-refractivity contribution >= 4 is 23.3 Å². The molecule has 0 heterocycles. The summed E-state index contributed by atoms with van der Waals surface area (Å²) < 4.78 is 0. The van der Waals surface area contributed by atoms with Gasteiger partial charge in [-0.1, -0.05) is 29.8 Å². The molecule has 1 unspecified atom stereocenters. The molecule has 2 rings (SSSR count). The Labute approximate surface area is 112 Å². The van der Waals surface area contributed by atoms with Gasteiger partial charge in [-0.2, -0.15) is 0 Å². The number of anilines is 1. The van der Waals surface area contributed by atoms with Crippen LogP contribution in [-0.2, 0) is 4.79 Å². The van der Waals surface area contributed by atoms with E-state index in [2.05, 4.69) is 12.2 Å². The Hall–Kier alpha value is -1.48. The highest BCUT2D eigenvalue weighted by atomic mass is 35.5. The van der Waals surface area contributed by atoms with E-state index in [-0.39, 0.29) is 12.6 Å². The van der Waals surface area contributed by atoms with Gasteiger partial charge < -0.3 is 10.0 Å². The molecule has 0 aromatic heterocycles. The van der Waals surface area contributed by atoms with Gasteiger partial charge in [0.05, 0.1) is 0 Å². The molecule has 0 aliphatic heterocycles. The van der Waals surface area contributed by atoms with Crippen LogP contribution in [0, 0.1) is 0 Å². The molecule has 0 saturated carbocycles. The number of hydrogen-bond donors (Lipinski definition) is 1. The molecule has 0 amide bonds. The highest BCUT2D eigenvalue weighted by Crippen LogP contribution is 2.25. The molecule has 0 fully saturated rings. The highest BCUT2D eigenvalue weighted by molar-refractivity contribution is 6.30. The summed E-state index contributed by atoms with van der Waals surface area (Å²) in [5.74, 6) is -0.825. The summed E-state index contributed by atoms with van der Waals surface area (Å²) in [7, 11) is 0. The maximum Gasteiger partial charge on any atom is 0.323 e. The molecule has 0 spiro atoms. The predicted molar refractivity (Wildman–Crippen MR) is 73.2 cm³/mol.